The largest absolute Gasteiger partial charge is 0.482 e. The summed E-state index contributed by atoms with van der Waals surface area (Å²) in [4.78, 5) is 13.8. The monoisotopic (exact) mass is 637 g/mol. The average molecular weight is 638 g/mol. The molecule has 4 nitrogen and oxygen atoms in total. The van der Waals surface area contributed by atoms with Gasteiger partial charge in [0.15, 0.2) is 11.6 Å². The molecule has 0 spiro atoms. The van der Waals surface area contributed by atoms with E-state index < -0.39 is 82.1 Å². The number of hydrogen-bond donors (Lipinski definition) is 2. The van der Waals surface area contributed by atoms with Crippen LogP contribution < -0.4 is 10.1 Å². The molecule has 0 unspecified atom stereocenters. The second-order valence-electron chi connectivity index (χ2n) is 10.9. The summed E-state index contributed by atoms with van der Waals surface area (Å²) in [7, 11) is 0. The minimum absolute atomic E-state index is 0.215. The number of ether oxygens (including phenoxy) is 1. The van der Waals surface area contributed by atoms with Crippen LogP contribution in [0.1, 0.15) is 52.0 Å². The minimum atomic E-state index is -5.30. The molecule has 0 aliphatic carbocycles. The number of halogens is 8. The summed E-state index contributed by atoms with van der Waals surface area (Å²) in [5.74, 6) is -4.38. The molecular weight excluding hydrogens is 610 g/mol. The summed E-state index contributed by atoms with van der Waals surface area (Å²) in [6, 6.07) is 16.5. The number of nitrogens with one attached hydrogen (secondary N) is 1. The number of benzene rings is 4. The van der Waals surface area contributed by atoms with Crippen molar-refractivity contribution in [1.82, 2.24) is 5.32 Å². The molecule has 0 aliphatic rings. The normalized spacial score (nSPS) is 13.7. The maximum atomic E-state index is 15.1. The van der Waals surface area contributed by atoms with Crippen LogP contribution in [0.15, 0.2) is 91.0 Å². The summed E-state index contributed by atoms with van der Waals surface area (Å²) < 4.78 is 120. The van der Waals surface area contributed by atoms with E-state index >= 15 is 8.78 Å². The molecule has 0 bridgehead atoms. The molecule has 4 aromatic carbocycles. The molecule has 0 fully saturated rings. The Balaban J connectivity index is 2.07. The number of hydrogen-bond acceptors (Lipinski definition) is 3. The number of aliphatic hydroxyl groups excluding tert-OH is 1. The Morgan fingerprint density at radius 1 is 0.756 bits per heavy atom. The van der Waals surface area contributed by atoms with Crippen LogP contribution in [0.2, 0.25) is 0 Å². The van der Waals surface area contributed by atoms with Gasteiger partial charge in [0.25, 0.3) is 5.91 Å². The van der Waals surface area contributed by atoms with E-state index in [2.05, 4.69) is 5.32 Å². The SMILES string of the molecule is CC(C)(CO)Oc1cc([C@@](Cc2ccccc2)(NC(=O)c2cccc(C(F)(F)F)c2)c2cccc(F)c2C(F)(F)F)ccc1F. The molecule has 45 heavy (non-hydrogen) atoms. The third kappa shape index (κ3) is 7.44. The van der Waals surface area contributed by atoms with Crippen LogP contribution >= 0.6 is 0 Å². The zero-order valence-electron chi connectivity index (χ0n) is 23.9. The van der Waals surface area contributed by atoms with Gasteiger partial charge in [0.05, 0.1) is 23.3 Å². The Kier molecular flexibility index (Phi) is 9.30. The number of aliphatic hydroxyl groups is 1. The Labute approximate surface area is 253 Å². The fourth-order valence-corrected chi connectivity index (χ4v) is 4.89. The predicted molar refractivity (Wildman–Crippen MR) is 149 cm³/mol. The van der Waals surface area contributed by atoms with E-state index in [-0.39, 0.29) is 5.56 Å². The molecule has 0 aliphatic heterocycles. The Morgan fingerprint density at radius 2 is 1.42 bits per heavy atom. The summed E-state index contributed by atoms with van der Waals surface area (Å²) in [5, 5.41) is 12.1. The molecule has 4 aromatic rings. The number of carbonyl (C=O) groups is 1. The van der Waals surface area contributed by atoms with Crippen LogP contribution in [0.5, 0.6) is 5.75 Å². The minimum Gasteiger partial charge on any atom is -0.482 e. The van der Waals surface area contributed by atoms with Crippen molar-refractivity contribution in [2.75, 3.05) is 6.61 Å². The number of amides is 1. The quantitative estimate of drug-likeness (QED) is 0.183. The van der Waals surface area contributed by atoms with Gasteiger partial charge in [-0.2, -0.15) is 26.3 Å². The van der Waals surface area contributed by atoms with Crippen molar-refractivity contribution < 1.29 is 49.8 Å². The van der Waals surface area contributed by atoms with E-state index in [1.54, 1.807) is 18.2 Å². The molecule has 1 atom stereocenters. The van der Waals surface area contributed by atoms with Crippen LogP contribution in [0.3, 0.4) is 0 Å². The highest BCUT2D eigenvalue weighted by Gasteiger charge is 2.46. The zero-order valence-corrected chi connectivity index (χ0v) is 23.9. The molecule has 0 radical (unpaired) electrons. The van der Waals surface area contributed by atoms with Crippen molar-refractivity contribution >= 4 is 5.91 Å². The third-order valence-electron chi connectivity index (χ3n) is 7.04. The van der Waals surface area contributed by atoms with Crippen molar-refractivity contribution in [3.8, 4) is 5.75 Å². The maximum absolute atomic E-state index is 15.1. The highest BCUT2D eigenvalue weighted by Crippen LogP contribution is 2.44. The van der Waals surface area contributed by atoms with E-state index in [1.165, 1.54) is 26.0 Å². The van der Waals surface area contributed by atoms with Gasteiger partial charge in [-0.1, -0.05) is 54.6 Å². The van der Waals surface area contributed by atoms with Gasteiger partial charge in [-0.25, -0.2) is 8.78 Å². The Morgan fingerprint density at radius 3 is 2.04 bits per heavy atom. The first-order valence-corrected chi connectivity index (χ1v) is 13.5. The summed E-state index contributed by atoms with van der Waals surface area (Å²) in [6.07, 6.45) is -10.6. The van der Waals surface area contributed by atoms with Gasteiger partial charge in [-0.3, -0.25) is 4.79 Å². The zero-order chi connectivity index (χ0) is 33.2. The lowest BCUT2D eigenvalue weighted by molar-refractivity contribution is -0.141. The van der Waals surface area contributed by atoms with Crippen molar-refractivity contribution in [1.29, 1.82) is 0 Å². The molecule has 0 aromatic heterocycles. The highest BCUT2D eigenvalue weighted by molar-refractivity contribution is 5.95. The van der Waals surface area contributed by atoms with E-state index in [9.17, 15) is 36.2 Å². The molecule has 238 valence electrons. The lowest BCUT2D eigenvalue weighted by Crippen LogP contribution is -2.50. The van der Waals surface area contributed by atoms with E-state index in [0.29, 0.717) is 17.7 Å². The van der Waals surface area contributed by atoms with Crippen molar-refractivity contribution in [2.24, 2.45) is 0 Å². The Hall–Kier alpha value is -4.45. The number of alkyl halides is 6. The van der Waals surface area contributed by atoms with Crippen molar-refractivity contribution in [2.45, 2.75) is 43.8 Å². The van der Waals surface area contributed by atoms with Crippen LogP contribution in [-0.4, -0.2) is 23.2 Å². The van der Waals surface area contributed by atoms with Gasteiger partial charge in [0, 0.05) is 12.0 Å². The van der Waals surface area contributed by atoms with Crippen molar-refractivity contribution in [3.63, 3.8) is 0 Å². The van der Waals surface area contributed by atoms with E-state index in [1.807, 2.05) is 0 Å². The van der Waals surface area contributed by atoms with Crippen LogP contribution in [0.25, 0.3) is 0 Å². The fraction of sp³-hybridized carbons (Fsp3) is 0.242. The van der Waals surface area contributed by atoms with Gasteiger partial charge in [0.2, 0.25) is 0 Å². The first-order chi connectivity index (χ1) is 21.0. The van der Waals surface area contributed by atoms with Crippen LogP contribution in [-0.2, 0) is 24.3 Å². The van der Waals surface area contributed by atoms with E-state index in [4.69, 9.17) is 4.74 Å². The molecular formula is C33H27F8NO3. The van der Waals surface area contributed by atoms with Gasteiger partial charge < -0.3 is 15.2 Å². The molecule has 1 amide bonds. The molecule has 4 rings (SSSR count). The molecule has 0 heterocycles. The van der Waals surface area contributed by atoms with Crippen molar-refractivity contribution in [3.05, 3.63) is 136 Å². The smallest absolute Gasteiger partial charge is 0.419 e. The second-order valence-corrected chi connectivity index (χ2v) is 10.9. The van der Waals surface area contributed by atoms with Gasteiger partial charge >= 0.3 is 12.4 Å². The topological polar surface area (TPSA) is 58.6 Å². The van der Waals surface area contributed by atoms with Gasteiger partial charge in [-0.15, -0.1) is 0 Å². The van der Waals surface area contributed by atoms with Gasteiger partial charge in [0.1, 0.15) is 11.4 Å². The fourth-order valence-electron chi connectivity index (χ4n) is 4.89. The summed E-state index contributed by atoms with van der Waals surface area (Å²) >= 11 is 0. The standard InChI is InChI=1S/C33H27F8NO3/c1-30(2,19-43)45-27-17-22(14-15-25(27)34)31(18-20-8-4-3-5-9-20,24-12-7-13-26(35)28(24)33(39,40)41)42-29(44)21-10-6-11-23(16-21)32(36,37)38/h3-17,43H,18-19H2,1-2H3,(H,42,44)/t31-/m1/s1. The van der Waals surface area contributed by atoms with Crippen LogP contribution in [0.4, 0.5) is 35.1 Å². The first-order valence-electron chi connectivity index (χ1n) is 13.5. The molecule has 0 saturated carbocycles. The second kappa shape index (κ2) is 12.5. The molecule has 12 heteroatoms. The van der Waals surface area contributed by atoms with E-state index in [0.717, 1.165) is 48.5 Å². The highest BCUT2D eigenvalue weighted by atomic mass is 19.4. The number of carbonyl (C=O) groups excluding carboxylic acids is 1. The number of rotatable bonds is 9. The summed E-state index contributed by atoms with van der Waals surface area (Å²) in [5.41, 5.74) is -7.88. The molecule has 0 saturated heterocycles. The van der Waals surface area contributed by atoms with Gasteiger partial charge in [-0.05, 0) is 66.9 Å². The lowest BCUT2D eigenvalue weighted by Gasteiger charge is -2.38. The molecule has 2 N–H and O–H groups in total. The third-order valence-corrected chi connectivity index (χ3v) is 7.04. The lowest BCUT2D eigenvalue weighted by atomic mass is 9.75. The first kappa shape index (κ1) is 33.4. The summed E-state index contributed by atoms with van der Waals surface area (Å²) in [6.45, 7) is 2.25. The average Bonchev–Trinajstić information content (AvgIpc) is 2.97. The van der Waals surface area contributed by atoms with Crippen LogP contribution in [0, 0.1) is 11.6 Å². The predicted octanol–water partition coefficient (Wildman–Crippen LogP) is 8.07. The maximum Gasteiger partial charge on any atom is 0.419 e. The Bertz CT molecular complexity index is 1670.